The molecule has 145 heavy (non-hydrogen) atoms. The van der Waals surface area contributed by atoms with Crippen LogP contribution in [0.5, 0.6) is 28.7 Å². The fraction of sp³-hybridized carbons (Fsp3) is 0.183. The van der Waals surface area contributed by atoms with Crippen LogP contribution in [0.2, 0.25) is 5.02 Å². The first-order valence-corrected chi connectivity index (χ1v) is 45.7. The van der Waals surface area contributed by atoms with Gasteiger partial charge in [-0.15, -0.1) is 0 Å². The van der Waals surface area contributed by atoms with E-state index in [0.29, 0.717) is 88.7 Å². The Balaban J connectivity index is 0.000000130. The average molecular weight is 1960 g/mol. The zero-order valence-corrected chi connectivity index (χ0v) is 82.1. The van der Waals surface area contributed by atoms with Crippen molar-refractivity contribution >= 4 is 11.6 Å². The molecular formula is C104H97ClN30O10. The molecule has 0 N–H and O–H groups in total. The fourth-order valence-electron chi connectivity index (χ4n) is 15.2. The number of benzene rings is 10. The van der Waals surface area contributed by atoms with Gasteiger partial charge in [0.1, 0.15) is 74.4 Å². The van der Waals surface area contributed by atoms with Crippen molar-refractivity contribution < 1.29 is 23.7 Å². The van der Waals surface area contributed by atoms with Crippen LogP contribution in [0, 0.1) is 62.3 Å². The zero-order valence-electron chi connectivity index (χ0n) is 81.4. The average Bonchev–Trinajstić information content (AvgIpc) is 1.47. The number of ether oxygens (including phenoxy) is 5. The molecule has 0 spiro atoms. The minimum Gasteiger partial charge on any atom is -0.489 e. The van der Waals surface area contributed by atoms with E-state index in [2.05, 4.69) is 102 Å². The molecule has 0 bridgehead atoms. The van der Waals surface area contributed by atoms with Crippen molar-refractivity contribution in [2.45, 2.75) is 95.3 Å². The number of nitrogens with zero attached hydrogens (tertiary/aromatic N) is 30. The standard InChI is InChI=1S/C22H22N6O2.2C21H20N6O2.C20H17ClN6O2.C20H18N6O2/c1-14-6-5-7-19(28-22(29)27(4)25-26-28)18(14)13-30-20-9-8-17(12-15(20)2)21-23-11-10-16(3)24-21;1-14-5-4-6-19(27-21(28)26(3)24-25-27)18(14)12-29-20-8-7-16(9-15(20)2)17-10-22-13-23-11-17;1-14-5-4-6-19(27-21(28)26(3)24-25-27)17(14)12-29-20-8-7-16(11-15(20)2)18-9-10-22-13-23-18;1-13-11-14(19-22-9-4-10-23-19)7-8-18(13)29-12-15-16(21)5-3-6-17(15)27-20(28)26(2)24-25-27;1-14-12-15(19-21-10-5-11-22-19)8-9-18(14)28-13-16-6-3-4-7-17(16)26-20(27)25(2)23-24-26/h5-12H,13H2,1-4H3;2*4-11,13H,12H2,1-3H3;3-11H,12H2,1-2H3;3-12H,13H2,1-2H3. The Morgan fingerprint density at radius 1 is 0.262 bits per heavy atom. The first-order chi connectivity index (χ1) is 70.2. The smallest absolute Gasteiger partial charge is 0.368 e. The molecule has 40 nitrogen and oxygen atoms in total. The van der Waals surface area contributed by atoms with Gasteiger partial charge in [0.15, 0.2) is 17.5 Å². The van der Waals surface area contributed by atoms with Crippen LogP contribution in [0.15, 0.2) is 299 Å². The van der Waals surface area contributed by atoms with E-state index in [4.69, 9.17) is 35.3 Å². The summed E-state index contributed by atoms with van der Waals surface area (Å²) in [5.74, 6) is 5.75. The second-order valence-electron chi connectivity index (χ2n) is 33.3. The topological polar surface area (TPSA) is 439 Å². The fourth-order valence-corrected chi connectivity index (χ4v) is 15.5. The molecule has 0 aliphatic heterocycles. The van der Waals surface area contributed by atoms with Crippen molar-refractivity contribution in [1.82, 2.24) is 149 Å². The molecule has 0 atom stereocenters. The largest absolute Gasteiger partial charge is 0.489 e. The van der Waals surface area contributed by atoms with Gasteiger partial charge in [-0.05, 0) is 310 Å². The lowest BCUT2D eigenvalue weighted by Crippen LogP contribution is -2.23. The Kier molecular flexibility index (Phi) is 31.1. The van der Waals surface area contributed by atoms with E-state index in [1.54, 1.807) is 108 Å². The number of halogens is 1. The summed E-state index contributed by atoms with van der Waals surface area (Å²) in [6, 6.07) is 66.4. The number of rotatable bonds is 25. The van der Waals surface area contributed by atoms with E-state index >= 15 is 0 Å². The van der Waals surface area contributed by atoms with Gasteiger partial charge in [0.2, 0.25) is 0 Å². The summed E-state index contributed by atoms with van der Waals surface area (Å²) < 4.78 is 42.6. The van der Waals surface area contributed by atoms with Crippen LogP contribution in [-0.2, 0) is 68.3 Å². The molecule has 20 aromatic rings. The lowest BCUT2D eigenvalue weighted by Gasteiger charge is -2.15. The van der Waals surface area contributed by atoms with Gasteiger partial charge in [-0.2, -0.15) is 46.8 Å². The van der Waals surface area contributed by atoms with Crippen molar-refractivity contribution in [2.75, 3.05) is 0 Å². The summed E-state index contributed by atoms with van der Waals surface area (Å²) in [5, 5.41) is 39.1. The first kappa shape index (κ1) is 99.3. The van der Waals surface area contributed by atoms with Gasteiger partial charge in [0, 0.05) is 151 Å². The number of aromatic nitrogens is 30. The van der Waals surface area contributed by atoms with Crippen LogP contribution in [0.1, 0.15) is 78.0 Å². The molecular weight excluding hydrogens is 1860 g/mol. The monoisotopic (exact) mass is 1960 g/mol. The van der Waals surface area contributed by atoms with Crippen LogP contribution < -0.4 is 52.1 Å². The summed E-state index contributed by atoms with van der Waals surface area (Å²) in [7, 11) is 7.81. The Morgan fingerprint density at radius 3 is 0.972 bits per heavy atom. The van der Waals surface area contributed by atoms with Gasteiger partial charge in [-0.1, -0.05) is 78.3 Å². The molecule has 10 heterocycles. The summed E-state index contributed by atoms with van der Waals surface area (Å²) in [6.45, 7) is 19.1. The quantitative estimate of drug-likeness (QED) is 0.0513. The zero-order chi connectivity index (χ0) is 102. The van der Waals surface area contributed by atoms with Crippen molar-refractivity contribution in [3.8, 4) is 114 Å². The summed E-state index contributed by atoms with van der Waals surface area (Å²) >= 11 is 6.38. The highest BCUT2D eigenvalue weighted by molar-refractivity contribution is 6.31. The van der Waals surface area contributed by atoms with Crippen molar-refractivity contribution in [1.29, 1.82) is 0 Å². The van der Waals surface area contributed by atoms with Crippen LogP contribution in [0.25, 0.3) is 85.0 Å². The first-order valence-electron chi connectivity index (χ1n) is 45.3. The molecule has 0 radical (unpaired) electrons. The second kappa shape index (κ2) is 45.4. The highest BCUT2D eigenvalue weighted by Gasteiger charge is 2.23. The molecule has 0 fully saturated rings. The second-order valence-corrected chi connectivity index (χ2v) is 33.7. The lowest BCUT2D eigenvalue weighted by atomic mass is 10.1. The summed E-state index contributed by atoms with van der Waals surface area (Å²) in [5.41, 5.74) is 21.1. The predicted molar refractivity (Wildman–Crippen MR) is 540 cm³/mol. The van der Waals surface area contributed by atoms with Crippen molar-refractivity contribution in [3.63, 3.8) is 0 Å². The Morgan fingerprint density at radius 2 is 0.593 bits per heavy atom. The minimum atomic E-state index is -0.364. The van der Waals surface area contributed by atoms with Gasteiger partial charge in [0.05, 0.1) is 34.1 Å². The summed E-state index contributed by atoms with van der Waals surface area (Å²) in [6.07, 6.45) is 16.9. The highest BCUT2D eigenvalue weighted by atomic mass is 35.5. The highest BCUT2D eigenvalue weighted by Crippen LogP contribution is 2.35. The van der Waals surface area contributed by atoms with E-state index in [0.717, 1.165) is 139 Å². The van der Waals surface area contributed by atoms with Gasteiger partial charge >= 0.3 is 28.4 Å². The molecule has 10 aromatic heterocycles. The van der Waals surface area contributed by atoms with Gasteiger partial charge in [-0.25, -0.2) is 73.8 Å². The Bertz CT molecular complexity index is 7870. The third-order valence-corrected chi connectivity index (χ3v) is 23.6. The summed E-state index contributed by atoms with van der Waals surface area (Å²) in [4.78, 5) is 104. The van der Waals surface area contributed by atoms with Gasteiger partial charge < -0.3 is 23.7 Å². The Labute approximate surface area is 833 Å². The third kappa shape index (κ3) is 23.4. The van der Waals surface area contributed by atoms with Crippen molar-refractivity contribution in [2.24, 2.45) is 35.2 Å². The van der Waals surface area contributed by atoms with E-state index < -0.39 is 0 Å². The number of aryl methyl sites for hydroxylation is 14. The minimum absolute atomic E-state index is 0.167. The van der Waals surface area contributed by atoms with E-state index in [1.807, 2.05) is 244 Å². The predicted octanol–water partition coefficient (Wildman–Crippen LogP) is 13.4. The molecule has 0 saturated heterocycles. The van der Waals surface area contributed by atoms with E-state index in [1.165, 1.54) is 61.8 Å². The molecule has 20 rings (SSSR count). The molecule has 10 aromatic carbocycles. The van der Waals surface area contributed by atoms with Gasteiger partial charge in [0.25, 0.3) is 0 Å². The maximum atomic E-state index is 12.3. The van der Waals surface area contributed by atoms with Crippen LogP contribution in [0.4, 0.5) is 0 Å². The normalized spacial score (nSPS) is 10.9. The number of hydrogen-bond acceptors (Lipinski definition) is 30. The van der Waals surface area contributed by atoms with Crippen molar-refractivity contribution in [3.05, 3.63) is 410 Å². The molecule has 0 aliphatic rings. The number of hydrogen-bond donors (Lipinski definition) is 0. The molecule has 0 aliphatic carbocycles. The molecule has 41 heteroatoms. The Hall–Kier alpha value is -18.8. The van der Waals surface area contributed by atoms with Crippen LogP contribution in [0.3, 0.4) is 0 Å². The number of tetrazole rings is 5. The SMILES string of the molecule is Cc1cc(-c2ccncn2)ccc1OCc1c(C)cccc1-n1nnn(C)c1=O.Cc1cc(-c2cncnc2)ccc1OCc1c(C)cccc1-n1nnn(C)c1=O.Cc1cc(-c2ncccn2)ccc1OCc1c(Cl)cccc1-n1nnn(C)c1=O.Cc1cc(-c2ncccn2)ccc1OCc1ccccc1-n1nnn(C)c1=O.Cc1ccnc(-c2ccc(OCc3c(C)cccc3-n3nnn(C)c3=O)c(C)c2)n1. The third-order valence-electron chi connectivity index (χ3n) is 23.2. The van der Waals surface area contributed by atoms with E-state index in [-0.39, 0.29) is 35.1 Å². The maximum absolute atomic E-state index is 12.3. The van der Waals surface area contributed by atoms with Crippen LogP contribution in [-0.4, -0.2) is 149 Å². The molecule has 730 valence electrons. The van der Waals surface area contributed by atoms with Crippen LogP contribution >= 0.6 is 11.6 Å². The molecule has 0 amide bonds. The molecule has 0 unspecified atom stereocenters. The maximum Gasteiger partial charge on any atom is 0.368 e. The van der Waals surface area contributed by atoms with Gasteiger partial charge in [-0.3, -0.25) is 0 Å². The molecule has 0 saturated carbocycles. The van der Waals surface area contributed by atoms with E-state index in [9.17, 15) is 24.0 Å². The lowest BCUT2D eigenvalue weighted by molar-refractivity contribution is 0.302. The number of para-hydroxylation sites is 1.